The van der Waals surface area contributed by atoms with E-state index in [1.165, 1.54) is 0 Å². The summed E-state index contributed by atoms with van der Waals surface area (Å²) in [7, 11) is 1.62. The van der Waals surface area contributed by atoms with Crippen molar-refractivity contribution in [2.45, 2.75) is 13.8 Å². The largest absolute Gasteiger partial charge is 0.497 e. The summed E-state index contributed by atoms with van der Waals surface area (Å²) in [6.07, 6.45) is 0. The third-order valence-electron chi connectivity index (χ3n) is 3.94. The van der Waals surface area contributed by atoms with Crippen molar-refractivity contribution in [3.63, 3.8) is 0 Å². The Hall–Kier alpha value is -2.46. The molecule has 1 heterocycles. The maximum atomic E-state index is 12.6. The number of carbonyl (C=O) groups excluding carboxylic acids is 1. The minimum atomic E-state index is -0.192. The van der Waals surface area contributed by atoms with Gasteiger partial charge in [0, 0.05) is 27.7 Å². The number of amides is 1. The number of ether oxygens (including phenoxy) is 1. The van der Waals surface area contributed by atoms with Crippen LogP contribution in [0, 0.1) is 13.8 Å². The molecule has 0 saturated heterocycles. The van der Waals surface area contributed by atoms with Crippen molar-refractivity contribution < 1.29 is 9.53 Å². The Kier molecular flexibility index (Phi) is 4.01. The minimum absolute atomic E-state index is 0.192. The van der Waals surface area contributed by atoms with Gasteiger partial charge in [0.15, 0.2) is 0 Å². The topological polar surface area (TPSA) is 54.1 Å². The Morgan fingerprint density at radius 3 is 2.70 bits per heavy atom. The average molecular weight is 329 g/mol. The van der Waals surface area contributed by atoms with E-state index in [0.29, 0.717) is 16.4 Å². The fourth-order valence-corrected chi connectivity index (χ4v) is 2.76. The Bertz CT molecular complexity index is 899. The summed E-state index contributed by atoms with van der Waals surface area (Å²) in [4.78, 5) is 15.8. The molecule has 0 radical (unpaired) electrons. The summed E-state index contributed by atoms with van der Waals surface area (Å²) >= 11 is 6.00. The van der Waals surface area contributed by atoms with E-state index in [-0.39, 0.29) is 5.91 Å². The molecular formula is C18H17ClN2O2. The van der Waals surface area contributed by atoms with Crippen LogP contribution in [-0.4, -0.2) is 18.0 Å². The van der Waals surface area contributed by atoms with Crippen LogP contribution in [-0.2, 0) is 0 Å². The first kappa shape index (κ1) is 15.4. The van der Waals surface area contributed by atoms with Crippen molar-refractivity contribution >= 4 is 34.1 Å². The van der Waals surface area contributed by atoms with Crippen molar-refractivity contribution in [3.8, 4) is 5.75 Å². The highest BCUT2D eigenvalue weighted by molar-refractivity contribution is 6.31. The number of aromatic nitrogens is 1. The quantitative estimate of drug-likeness (QED) is 0.732. The summed E-state index contributed by atoms with van der Waals surface area (Å²) in [5, 5.41) is 4.50. The monoisotopic (exact) mass is 328 g/mol. The van der Waals surface area contributed by atoms with Crippen LogP contribution in [0.5, 0.6) is 5.75 Å². The molecule has 3 aromatic rings. The summed E-state index contributed by atoms with van der Waals surface area (Å²) in [6, 6.07) is 11.1. The average Bonchev–Trinajstić information content (AvgIpc) is 2.87. The molecule has 2 aromatic carbocycles. The molecule has 23 heavy (non-hydrogen) atoms. The third kappa shape index (κ3) is 2.90. The molecule has 3 rings (SSSR count). The summed E-state index contributed by atoms with van der Waals surface area (Å²) in [6.45, 7) is 3.85. The molecule has 1 amide bonds. The second-order valence-electron chi connectivity index (χ2n) is 5.45. The molecule has 0 fully saturated rings. The lowest BCUT2D eigenvalue weighted by atomic mass is 10.1. The predicted octanol–water partition coefficient (Wildman–Crippen LogP) is 4.70. The van der Waals surface area contributed by atoms with Crippen LogP contribution in [0.3, 0.4) is 0 Å². The number of halogens is 1. The van der Waals surface area contributed by atoms with Gasteiger partial charge in [-0.1, -0.05) is 17.7 Å². The molecule has 1 aromatic heterocycles. The van der Waals surface area contributed by atoms with Gasteiger partial charge in [-0.2, -0.15) is 0 Å². The van der Waals surface area contributed by atoms with Crippen molar-refractivity contribution in [1.29, 1.82) is 0 Å². The predicted molar refractivity (Wildman–Crippen MR) is 93.7 cm³/mol. The number of carbonyl (C=O) groups is 1. The highest BCUT2D eigenvalue weighted by Crippen LogP contribution is 2.27. The zero-order chi connectivity index (χ0) is 16.6. The van der Waals surface area contributed by atoms with Crippen molar-refractivity contribution in [2.24, 2.45) is 0 Å². The van der Waals surface area contributed by atoms with Crippen LogP contribution >= 0.6 is 11.6 Å². The van der Waals surface area contributed by atoms with Crippen molar-refractivity contribution in [1.82, 2.24) is 4.98 Å². The molecular weight excluding hydrogens is 312 g/mol. The van der Waals surface area contributed by atoms with E-state index >= 15 is 0 Å². The Balaban J connectivity index is 1.97. The van der Waals surface area contributed by atoms with Crippen LogP contribution in [0.1, 0.15) is 21.6 Å². The van der Waals surface area contributed by atoms with Crippen molar-refractivity contribution in [3.05, 3.63) is 58.2 Å². The lowest BCUT2D eigenvalue weighted by molar-refractivity contribution is 0.102. The summed E-state index contributed by atoms with van der Waals surface area (Å²) < 4.78 is 5.22. The molecule has 118 valence electrons. The first-order valence-electron chi connectivity index (χ1n) is 7.23. The lowest BCUT2D eigenvalue weighted by Gasteiger charge is -2.08. The van der Waals surface area contributed by atoms with Gasteiger partial charge in [-0.05, 0) is 49.2 Å². The number of aryl methyl sites for hydroxylation is 2. The maximum Gasteiger partial charge on any atom is 0.272 e. The van der Waals surface area contributed by atoms with Crippen LogP contribution in [0.4, 0.5) is 5.69 Å². The number of hydrogen-bond donors (Lipinski definition) is 2. The third-order valence-corrected chi connectivity index (χ3v) is 4.18. The van der Waals surface area contributed by atoms with Crippen LogP contribution in [0.25, 0.3) is 10.9 Å². The zero-order valence-corrected chi connectivity index (χ0v) is 13.9. The number of benzene rings is 2. The number of nitrogens with one attached hydrogen (secondary N) is 2. The molecule has 5 heteroatoms. The number of hydrogen-bond acceptors (Lipinski definition) is 2. The molecule has 0 aliphatic rings. The first-order chi connectivity index (χ1) is 11.0. The number of methoxy groups -OCH3 is 1. The van der Waals surface area contributed by atoms with Gasteiger partial charge < -0.3 is 15.0 Å². The molecule has 0 saturated carbocycles. The fourth-order valence-electron chi connectivity index (χ4n) is 2.58. The summed E-state index contributed by atoms with van der Waals surface area (Å²) in [5.41, 5.74) is 3.97. The second-order valence-corrected chi connectivity index (χ2v) is 5.89. The molecule has 0 spiro atoms. The maximum absolute atomic E-state index is 12.6. The van der Waals surface area contributed by atoms with Gasteiger partial charge >= 0.3 is 0 Å². The van der Waals surface area contributed by atoms with E-state index < -0.39 is 0 Å². The smallest absolute Gasteiger partial charge is 0.272 e. The van der Waals surface area contributed by atoms with E-state index in [9.17, 15) is 4.79 Å². The number of anilines is 1. The summed E-state index contributed by atoms with van der Waals surface area (Å²) in [5.74, 6) is 0.555. The molecule has 2 N–H and O–H groups in total. The lowest BCUT2D eigenvalue weighted by Crippen LogP contribution is -2.14. The standard InChI is InChI=1S/C18H17ClN2O2/c1-10-4-5-12(19)8-15(10)21-18(22)17-11(2)14-7-6-13(23-3)9-16(14)20-17/h4-9,20H,1-3H3,(H,21,22). The zero-order valence-electron chi connectivity index (χ0n) is 13.2. The van der Waals surface area contributed by atoms with Gasteiger partial charge in [-0.15, -0.1) is 0 Å². The van der Waals surface area contributed by atoms with E-state index in [0.717, 1.165) is 27.8 Å². The molecule has 0 aliphatic carbocycles. The SMILES string of the molecule is COc1ccc2c(C)c(C(=O)Nc3cc(Cl)ccc3C)[nH]c2c1. The molecule has 0 atom stereocenters. The van der Waals surface area contributed by atoms with Gasteiger partial charge in [-0.25, -0.2) is 0 Å². The van der Waals surface area contributed by atoms with Gasteiger partial charge in [0.1, 0.15) is 11.4 Å². The van der Waals surface area contributed by atoms with Gasteiger partial charge in [0.25, 0.3) is 5.91 Å². The molecule has 0 aliphatic heterocycles. The van der Waals surface area contributed by atoms with E-state index in [4.69, 9.17) is 16.3 Å². The molecule has 4 nitrogen and oxygen atoms in total. The Labute approximate surface area is 139 Å². The van der Waals surface area contributed by atoms with E-state index in [1.807, 2.05) is 38.1 Å². The number of H-pyrrole nitrogens is 1. The number of fused-ring (bicyclic) bond motifs is 1. The Morgan fingerprint density at radius 1 is 1.17 bits per heavy atom. The highest BCUT2D eigenvalue weighted by Gasteiger charge is 2.16. The first-order valence-corrected chi connectivity index (χ1v) is 7.61. The van der Waals surface area contributed by atoms with Gasteiger partial charge in [-0.3, -0.25) is 4.79 Å². The normalized spacial score (nSPS) is 10.8. The van der Waals surface area contributed by atoms with E-state index in [1.54, 1.807) is 19.2 Å². The fraction of sp³-hybridized carbons (Fsp3) is 0.167. The van der Waals surface area contributed by atoms with Crippen LogP contribution in [0.15, 0.2) is 36.4 Å². The molecule has 0 unspecified atom stereocenters. The second kappa shape index (κ2) is 5.97. The van der Waals surface area contributed by atoms with Crippen LogP contribution < -0.4 is 10.1 Å². The number of aromatic amines is 1. The Morgan fingerprint density at radius 2 is 1.96 bits per heavy atom. The van der Waals surface area contributed by atoms with Gasteiger partial charge in [0.05, 0.1) is 7.11 Å². The molecule has 0 bridgehead atoms. The van der Waals surface area contributed by atoms with E-state index in [2.05, 4.69) is 10.3 Å². The number of rotatable bonds is 3. The van der Waals surface area contributed by atoms with Crippen LogP contribution in [0.2, 0.25) is 5.02 Å². The van der Waals surface area contributed by atoms with Gasteiger partial charge in [0.2, 0.25) is 0 Å². The van der Waals surface area contributed by atoms with Crippen molar-refractivity contribution in [2.75, 3.05) is 12.4 Å². The minimum Gasteiger partial charge on any atom is -0.497 e. The highest BCUT2D eigenvalue weighted by atomic mass is 35.5.